The van der Waals surface area contributed by atoms with Gasteiger partial charge in [-0.05, 0) is 48.4 Å². The van der Waals surface area contributed by atoms with Crippen molar-refractivity contribution in [2.75, 3.05) is 5.32 Å². The van der Waals surface area contributed by atoms with Crippen LogP contribution in [0.2, 0.25) is 0 Å². The van der Waals surface area contributed by atoms with Crippen molar-refractivity contribution in [1.82, 2.24) is 4.98 Å². The fraction of sp³-hybridized carbons (Fsp3) is 0.176. The molecule has 0 bridgehead atoms. The van der Waals surface area contributed by atoms with Gasteiger partial charge in [-0.25, -0.2) is 4.98 Å². The number of hydrogen-bond donors (Lipinski definition) is 1. The second-order valence-electron chi connectivity index (χ2n) is 5.20. The van der Waals surface area contributed by atoms with Crippen LogP contribution in [0.5, 0.6) is 0 Å². The standard InChI is InChI=1S/C17H13F3N2OS/c1-2-10-3-8-13-14(9-10)24-16(21-13)22-15(23)11-4-6-12(7-5-11)17(18,19)20/h3-9H,2H2,1H3,(H,21,22,23). The van der Waals surface area contributed by atoms with Crippen molar-refractivity contribution >= 4 is 32.6 Å². The van der Waals surface area contributed by atoms with Gasteiger partial charge >= 0.3 is 6.18 Å². The molecule has 2 aromatic carbocycles. The van der Waals surface area contributed by atoms with E-state index in [9.17, 15) is 18.0 Å². The van der Waals surface area contributed by atoms with E-state index in [0.717, 1.165) is 40.9 Å². The molecule has 3 nitrogen and oxygen atoms in total. The van der Waals surface area contributed by atoms with E-state index in [1.54, 1.807) is 0 Å². The van der Waals surface area contributed by atoms with E-state index in [2.05, 4.69) is 17.2 Å². The van der Waals surface area contributed by atoms with Crippen molar-refractivity contribution in [3.63, 3.8) is 0 Å². The van der Waals surface area contributed by atoms with Crippen LogP contribution in [0.25, 0.3) is 10.2 Å². The zero-order valence-corrected chi connectivity index (χ0v) is 13.5. The summed E-state index contributed by atoms with van der Waals surface area (Å²) < 4.78 is 38.6. The number of nitrogens with zero attached hydrogens (tertiary/aromatic N) is 1. The first kappa shape index (κ1) is 16.4. The zero-order chi connectivity index (χ0) is 17.3. The predicted molar refractivity (Wildman–Crippen MR) is 88.4 cm³/mol. The van der Waals surface area contributed by atoms with E-state index in [0.29, 0.717) is 5.13 Å². The van der Waals surface area contributed by atoms with Crippen LogP contribution in [0.1, 0.15) is 28.4 Å². The zero-order valence-electron chi connectivity index (χ0n) is 12.6. The molecular weight excluding hydrogens is 337 g/mol. The maximum atomic E-state index is 12.5. The Labute approximate surface area is 140 Å². The minimum atomic E-state index is -4.42. The molecule has 1 aromatic heterocycles. The highest BCUT2D eigenvalue weighted by Gasteiger charge is 2.30. The molecule has 0 saturated carbocycles. The van der Waals surface area contributed by atoms with Crippen LogP contribution in [0.3, 0.4) is 0 Å². The van der Waals surface area contributed by atoms with Gasteiger partial charge in [0.05, 0.1) is 15.8 Å². The number of aromatic nitrogens is 1. The third-order valence-electron chi connectivity index (χ3n) is 3.56. The molecular formula is C17H13F3N2OS. The molecule has 0 radical (unpaired) electrons. The molecule has 1 amide bonds. The van der Waals surface area contributed by atoms with Gasteiger partial charge in [0, 0.05) is 5.56 Å². The SMILES string of the molecule is CCc1ccc2nc(NC(=O)c3ccc(C(F)(F)F)cc3)sc2c1. The second-order valence-corrected chi connectivity index (χ2v) is 6.23. The number of carbonyl (C=O) groups is 1. The van der Waals surface area contributed by atoms with Crippen LogP contribution < -0.4 is 5.32 Å². The number of hydrogen-bond acceptors (Lipinski definition) is 3. The summed E-state index contributed by atoms with van der Waals surface area (Å²) in [5, 5.41) is 3.05. The third kappa shape index (κ3) is 3.41. The molecule has 0 saturated heterocycles. The fourth-order valence-electron chi connectivity index (χ4n) is 2.22. The van der Waals surface area contributed by atoms with Gasteiger partial charge in [-0.15, -0.1) is 0 Å². The summed E-state index contributed by atoms with van der Waals surface area (Å²) in [5.41, 5.74) is 1.31. The first-order chi connectivity index (χ1) is 11.4. The lowest BCUT2D eigenvalue weighted by Gasteiger charge is -2.07. The number of nitrogens with one attached hydrogen (secondary N) is 1. The Kier molecular flexibility index (Phi) is 4.28. The molecule has 0 aliphatic carbocycles. The highest BCUT2D eigenvalue weighted by Crippen LogP contribution is 2.30. The number of alkyl halides is 3. The van der Waals surface area contributed by atoms with Crippen molar-refractivity contribution in [1.29, 1.82) is 0 Å². The number of benzene rings is 2. The van der Waals surface area contributed by atoms with Crippen LogP contribution in [0, 0.1) is 0 Å². The number of thiazole rings is 1. The van der Waals surface area contributed by atoms with Crippen LogP contribution >= 0.6 is 11.3 Å². The molecule has 3 aromatic rings. The van der Waals surface area contributed by atoms with Gasteiger partial charge < -0.3 is 0 Å². The van der Waals surface area contributed by atoms with E-state index in [4.69, 9.17) is 0 Å². The molecule has 0 spiro atoms. The van der Waals surface area contributed by atoms with E-state index < -0.39 is 17.6 Å². The Balaban J connectivity index is 1.79. The molecule has 7 heteroatoms. The van der Waals surface area contributed by atoms with Crippen LogP contribution in [0.4, 0.5) is 18.3 Å². The topological polar surface area (TPSA) is 42.0 Å². The molecule has 0 fully saturated rings. The minimum Gasteiger partial charge on any atom is -0.298 e. The lowest BCUT2D eigenvalue weighted by molar-refractivity contribution is -0.137. The summed E-state index contributed by atoms with van der Waals surface area (Å²) in [6.07, 6.45) is -3.51. The van der Waals surface area contributed by atoms with E-state index in [1.807, 2.05) is 18.2 Å². The Hall–Kier alpha value is -2.41. The Morgan fingerprint density at radius 2 is 1.88 bits per heavy atom. The molecule has 0 atom stereocenters. The summed E-state index contributed by atoms with van der Waals surface area (Å²) >= 11 is 1.33. The summed E-state index contributed by atoms with van der Waals surface area (Å²) in [6, 6.07) is 9.96. The molecule has 1 heterocycles. The number of anilines is 1. The first-order valence-corrected chi connectivity index (χ1v) is 8.06. The normalized spacial score (nSPS) is 11.7. The van der Waals surface area contributed by atoms with Crippen LogP contribution in [-0.2, 0) is 12.6 Å². The van der Waals surface area contributed by atoms with E-state index >= 15 is 0 Å². The van der Waals surface area contributed by atoms with Crippen LogP contribution in [-0.4, -0.2) is 10.9 Å². The Morgan fingerprint density at radius 3 is 2.50 bits per heavy atom. The molecule has 1 N–H and O–H groups in total. The molecule has 24 heavy (non-hydrogen) atoms. The second kappa shape index (κ2) is 6.24. The lowest BCUT2D eigenvalue weighted by atomic mass is 10.1. The molecule has 0 aliphatic heterocycles. The van der Waals surface area contributed by atoms with Crippen molar-refractivity contribution in [3.8, 4) is 0 Å². The highest BCUT2D eigenvalue weighted by atomic mass is 32.1. The van der Waals surface area contributed by atoms with Gasteiger partial charge in [0.25, 0.3) is 5.91 Å². The minimum absolute atomic E-state index is 0.150. The Bertz CT molecular complexity index is 885. The number of amides is 1. The lowest BCUT2D eigenvalue weighted by Crippen LogP contribution is -2.12. The van der Waals surface area contributed by atoms with Crippen molar-refractivity contribution in [2.24, 2.45) is 0 Å². The third-order valence-corrected chi connectivity index (χ3v) is 4.49. The quantitative estimate of drug-likeness (QED) is 0.711. The monoisotopic (exact) mass is 350 g/mol. The van der Waals surface area contributed by atoms with Crippen molar-refractivity contribution in [2.45, 2.75) is 19.5 Å². The number of carbonyl (C=O) groups excluding carboxylic acids is 1. The van der Waals surface area contributed by atoms with Crippen LogP contribution in [0.15, 0.2) is 42.5 Å². The Morgan fingerprint density at radius 1 is 1.17 bits per heavy atom. The molecule has 0 unspecified atom stereocenters. The summed E-state index contributed by atoms with van der Waals surface area (Å²) in [4.78, 5) is 16.5. The summed E-state index contributed by atoms with van der Waals surface area (Å²) in [7, 11) is 0. The highest BCUT2D eigenvalue weighted by molar-refractivity contribution is 7.22. The summed E-state index contributed by atoms with van der Waals surface area (Å²) in [6.45, 7) is 2.05. The molecule has 0 aliphatic rings. The van der Waals surface area contributed by atoms with E-state index in [-0.39, 0.29) is 5.56 Å². The largest absolute Gasteiger partial charge is 0.416 e. The van der Waals surface area contributed by atoms with Crippen molar-refractivity contribution < 1.29 is 18.0 Å². The average Bonchev–Trinajstić information content (AvgIpc) is 2.95. The van der Waals surface area contributed by atoms with Gasteiger partial charge in [0.1, 0.15) is 0 Å². The maximum Gasteiger partial charge on any atom is 0.416 e. The molecule has 124 valence electrons. The van der Waals surface area contributed by atoms with Crippen molar-refractivity contribution in [3.05, 3.63) is 59.2 Å². The molecule has 3 rings (SSSR count). The number of rotatable bonds is 3. The smallest absolute Gasteiger partial charge is 0.298 e. The fourth-order valence-corrected chi connectivity index (χ4v) is 3.15. The predicted octanol–water partition coefficient (Wildman–Crippen LogP) is 5.13. The van der Waals surface area contributed by atoms with Gasteiger partial charge in [-0.2, -0.15) is 13.2 Å². The number of halogens is 3. The maximum absolute atomic E-state index is 12.5. The van der Waals surface area contributed by atoms with Gasteiger partial charge in [-0.3, -0.25) is 10.1 Å². The first-order valence-electron chi connectivity index (χ1n) is 7.25. The van der Waals surface area contributed by atoms with Gasteiger partial charge in [-0.1, -0.05) is 24.3 Å². The van der Waals surface area contributed by atoms with Gasteiger partial charge in [0.2, 0.25) is 0 Å². The average molecular weight is 350 g/mol. The summed E-state index contributed by atoms with van der Waals surface area (Å²) in [5.74, 6) is -0.488. The van der Waals surface area contributed by atoms with Gasteiger partial charge in [0.15, 0.2) is 5.13 Å². The number of fused-ring (bicyclic) bond motifs is 1. The number of aryl methyl sites for hydroxylation is 1. The van der Waals surface area contributed by atoms with E-state index in [1.165, 1.54) is 16.9 Å².